The van der Waals surface area contributed by atoms with E-state index in [4.69, 9.17) is 4.42 Å². The van der Waals surface area contributed by atoms with Gasteiger partial charge >= 0.3 is 5.88 Å². The highest BCUT2D eigenvalue weighted by atomic mass is 16.6. The van der Waals surface area contributed by atoms with Gasteiger partial charge in [-0.25, -0.2) is 0 Å². The molecule has 176 valence electrons. The summed E-state index contributed by atoms with van der Waals surface area (Å²) in [7, 11) is 0. The number of amides is 3. The van der Waals surface area contributed by atoms with Crippen LogP contribution in [0.5, 0.6) is 0 Å². The highest BCUT2D eigenvalue weighted by Gasteiger charge is 2.61. The van der Waals surface area contributed by atoms with Gasteiger partial charge in [0, 0.05) is 18.1 Å². The molecular formula is C24H19N5O6. The van der Waals surface area contributed by atoms with E-state index in [2.05, 4.69) is 15.3 Å². The van der Waals surface area contributed by atoms with Gasteiger partial charge in [-0.3, -0.25) is 39.4 Å². The molecule has 5 atom stereocenters. The predicted molar refractivity (Wildman–Crippen MR) is 120 cm³/mol. The Kier molecular flexibility index (Phi) is 4.73. The van der Waals surface area contributed by atoms with Crippen LogP contribution in [0.3, 0.4) is 0 Å². The summed E-state index contributed by atoms with van der Waals surface area (Å²) in [6, 6.07) is 6.42. The molecule has 1 aliphatic heterocycles. The van der Waals surface area contributed by atoms with Crippen molar-refractivity contribution >= 4 is 40.3 Å². The highest BCUT2D eigenvalue weighted by Crippen LogP contribution is 2.54. The van der Waals surface area contributed by atoms with Crippen LogP contribution >= 0.6 is 0 Å². The Hall–Kier alpha value is -4.41. The van der Waals surface area contributed by atoms with E-state index in [1.807, 2.05) is 12.2 Å². The maximum atomic E-state index is 13.4. The van der Waals surface area contributed by atoms with E-state index in [0.29, 0.717) is 16.7 Å². The lowest BCUT2D eigenvalue weighted by atomic mass is 9.85. The highest BCUT2D eigenvalue weighted by molar-refractivity contribution is 6.07. The summed E-state index contributed by atoms with van der Waals surface area (Å²) < 4.78 is 5.36. The number of anilines is 1. The molecule has 3 heterocycles. The van der Waals surface area contributed by atoms with Crippen molar-refractivity contribution in [3.8, 4) is 0 Å². The number of nitrogens with one attached hydrogen (secondary N) is 1. The summed E-state index contributed by atoms with van der Waals surface area (Å²) in [5, 5.41) is 13.9. The Labute approximate surface area is 198 Å². The van der Waals surface area contributed by atoms with Gasteiger partial charge in [0.25, 0.3) is 0 Å². The molecule has 0 radical (unpaired) electrons. The molecule has 0 spiro atoms. The average molecular weight is 473 g/mol. The van der Waals surface area contributed by atoms with Gasteiger partial charge < -0.3 is 9.73 Å². The van der Waals surface area contributed by atoms with Crippen LogP contribution < -0.4 is 5.32 Å². The Bertz CT molecular complexity index is 1400. The zero-order valence-corrected chi connectivity index (χ0v) is 18.2. The summed E-state index contributed by atoms with van der Waals surface area (Å²) in [4.78, 5) is 59.8. The van der Waals surface area contributed by atoms with Crippen LogP contribution in [-0.4, -0.2) is 37.5 Å². The minimum Gasteiger partial charge on any atom is -0.404 e. The minimum absolute atomic E-state index is 0.00873. The first-order valence-electron chi connectivity index (χ1n) is 11.2. The smallest absolute Gasteiger partial charge is 0.404 e. The number of fused-ring (bicyclic) bond motifs is 6. The molecule has 3 amide bonds. The Morgan fingerprint density at radius 1 is 1.09 bits per heavy atom. The maximum Gasteiger partial charge on any atom is 0.433 e. The number of allylic oxidation sites excluding steroid dienone is 2. The van der Waals surface area contributed by atoms with E-state index in [9.17, 15) is 24.5 Å². The lowest BCUT2D eigenvalue weighted by Crippen LogP contribution is -2.38. The number of imide groups is 1. The standard InChI is InChI=1S/C24H19N5O6/c30-19(27-14-3-4-15-16(10-14)26-8-7-25-15)11-17(18-5-6-20(35-18)29(33)34)28-23(31)21-12-1-2-13(9-12)22(21)24(28)32/h1-8,10,12-13,17,21-22H,9,11H2,(H,27,30). The largest absolute Gasteiger partial charge is 0.433 e. The van der Waals surface area contributed by atoms with Crippen molar-refractivity contribution < 1.29 is 23.7 Å². The van der Waals surface area contributed by atoms with Crippen molar-refractivity contribution in [3.63, 3.8) is 0 Å². The van der Waals surface area contributed by atoms with Crippen molar-refractivity contribution in [3.05, 3.63) is 70.8 Å². The monoisotopic (exact) mass is 473 g/mol. The number of hydrogen-bond acceptors (Lipinski definition) is 8. The van der Waals surface area contributed by atoms with Crippen LogP contribution in [0.4, 0.5) is 11.6 Å². The summed E-state index contributed by atoms with van der Waals surface area (Å²) in [6.07, 6.45) is 7.50. The molecule has 11 nitrogen and oxygen atoms in total. The van der Waals surface area contributed by atoms with Crippen molar-refractivity contribution in [2.75, 3.05) is 5.32 Å². The molecule has 1 aromatic carbocycles. The number of furan rings is 1. The zero-order valence-electron chi connectivity index (χ0n) is 18.2. The van der Waals surface area contributed by atoms with E-state index in [1.54, 1.807) is 24.4 Å². The van der Waals surface area contributed by atoms with Crippen molar-refractivity contribution in [2.24, 2.45) is 23.7 Å². The fraction of sp³-hybridized carbons (Fsp3) is 0.292. The molecule has 1 N–H and O–H groups in total. The van der Waals surface area contributed by atoms with Gasteiger partial charge in [0.05, 0.1) is 35.4 Å². The van der Waals surface area contributed by atoms with E-state index < -0.39 is 34.6 Å². The number of carbonyl (C=O) groups excluding carboxylic acids is 3. The van der Waals surface area contributed by atoms with E-state index in [-0.39, 0.29) is 35.8 Å². The average Bonchev–Trinajstić information content (AvgIpc) is 3.62. The van der Waals surface area contributed by atoms with Crippen LogP contribution in [0, 0.1) is 33.8 Å². The van der Waals surface area contributed by atoms with Gasteiger partial charge in [-0.05, 0) is 42.5 Å². The third-order valence-electron chi connectivity index (χ3n) is 7.07. The van der Waals surface area contributed by atoms with Crippen LogP contribution in [0.1, 0.15) is 24.6 Å². The fourth-order valence-electron chi connectivity index (χ4n) is 5.60. The van der Waals surface area contributed by atoms with Crippen molar-refractivity contribution in [2.45, 2.75) is 18.9 Å². The van der Waals surface area contributed by atoms with Gasteiger partial charge in [-0.2, -0.15) is 0 Å². The maximum absolute atomic E-state index is 13.4. The number of rotatable bonds is 6. The summed E-state index contributed by atoms with van der Waals surface area (Å²) in [5.41, 5.74) is 1.71. The van der Waals surface area contributed by atoms with Crippen LogP contribution in [0.15, 0.2) is 59.3 Å². The Morgan fingerprint density at radius 2 is 1.77 bits per heavy atom. The molecule has 6 rings (SSSR count). The molecule has 3 aliphatic rings. The molecule has 5 unspecified atom stereocenters. The molecule has 2 aromatic heterocycles. The van der Waals surface area contributed by atoms with Gasteiger partial charge in [0.15, 0.2) is 0 Å². The van der Waals surface area contributed by atoms with E-state index in [1.165, 1.54) is 12.3 Å². The lowest BCUT2D eigenvalue weighted by Gasteiger charge is -2.25. The second-order valence-electron chi connectivity index (χ2n) is 9.01. The first-order valence-corrected chi connectivity index (χ1v) is 11.2. The molecule has 1 saturated heterocycles. The minimum atomic E-state index is -1.10. The predicted octanol–water partition coefficient (Wildman–Crippen LogP) is 3.01. The zero-order chi connectivity index (χ0) is 24.3. The topological polar surface area (TPSA) is 149 Å². The van der Waals surface area contributed by atoms with Crippen molar-refractivity contribution in [1.82, 2.24) is 14.9 Å². The molecule has 35 heavy (non-hydrogen) atoms. The molecule has 11 heteroatoms. The summed E-state index contributed by atoms with van der Waals surface area (Å²) in [6.45, 7) is 0. The quantitative estimate of drug-likeness (QED) is 0.249. The molecular weight excluding hydrogens is 454 g/mol. The first-order chi connectivity index (χ1) is 16.9. The number of carbonyl (C=O) groups is 3. The number of nitrogens with zero attached hydrogens (tertiary/aromatic N) is 4. The molecule has 2 aliphatic carbocycles. The third-order valence-corrected chi connectivity index (χ3v) is 7.07. The van der Waals surface area contributed by atoms with E-state index in [0.717, 1.165) is 17.4 Å². The SMILES string of the molecule is O=C(CC(c1ccc([N+](=O)[O-])o1)N1C(=O)C2C3C=CC(C3)C2C1=O)Nc1ccc2nccnc2c1. The second kappa shape index (κ2) is 7.83. The van der Waals surface area contributed by atoms with Gasteiger partial charge in [-0.1, -0.05) is 12.2 Å². The molecule has 2 fully saturated rings. The summed E-state index contributed by atoms with van der Waals surface area (Å²) in [5.74, 6) is -2.69. The number of hydrogen-bond donors (Lipinski definition) is 1. The Balaban J connectivity index is 1.29. The fourth-order valence-corrected chi connectivity index (χ4v) is 5.60. The molecule has 3 aromatic rings. The normalized spacial score (nSPS) is 25.3. The van der Waals surface area contributed by atoms with Crippen LogP contribution in [0.25, 0.3) is 11.0 Å². The molecule has 1 saturated carbocycles. The van der Waals surface area contributed by atoms with Crippen LogP contribution in [-0.2, 0) is 14.4 Å². The van der Waals surface area contributed by atoms with Crippen LogP contribution in [0.2, 0.25) is 0 Å². The van der Waals surface area contributed by atoms with E-state index >= 15 is 0 Å². The Morgan fingerprint density at radius 3 is 2.43 bits per heavy atom. The molecule has 2 bridgehead atoms. The van der Waals surface area contributed by atoms with Gasteiger partial charge in [-0.15, -0.1) is 0 Å². The number of nitro groups is 1. The van der Waals surface area contributed by atoms with Gasteiger partial charge in [0.1, 0.15) is 16.7 Å². The number of likely N-dealkylation sites (tertiary alicyclic amines) is 1. The number of benzene rings is 1. The van der Waals surface area contributed by atoms with Gasteiger partial charge in [0.2, 0.25) is 17.7 Å². The third kappa shape index (κ3) is 3.38. The summed E-state index contributed by atoms with van der Waals surface area (Å²) >= 11 is 0. The number of aromatic nitrogens is 2. The van der Waals surface area contributed by atoms with Crippen molar-refractivity contribution in [1.29, 1.82) is 0 Å². The first kappa shape index (κ1) is 21.1. The lowest BCUT2D eigenvalue weighted by molar-refractivity contribution is -0.402. The second-order valence-corrected chi connectivity index (χ2v) is 9.01.